The molecule has 0 spiro atoms. The molecule has 106 valence electrons. The van der Waals surface area contributed by atoms with Crippen LogP contribution in [-0.4, -0.2) is 7.05 Å². The first-order valence-corrected chi connectivity index (χ1v) is 6.77. The molecule has 1 atom stereocenters. The van der Waals surface area contributed by atoms with E-state index in [0.717, 1.165) is 6.07 Å². The Morgan fingerprint density at radius 2 is 1.70 bits per heavy atom. The Labute approximate surface area is 126 Å². The van der Waals surface area contributed by atoms with Crippen molar-refractivity contribution < 1.29 is 8.78 Å². The highest BCUT2D eigenvalue weighted by Gasteiger charge is 2.20. The highest BCUT2D eigenvalue weighted by Crippen LogP contribution is 2.32. The molecule has 0 aliphatic carbocycles. The summed E-state index contributed by atoms with van der Waals surface area (Å²) in [4.78, 5) is 0. The number of nitrogens with one attached hydrogen (secondary N) is 1. The monoisotopic (exact) mass is 315 g/mol. The van der Waals surface area contributed by atoms with Crippen LogP contribution < -0.4 is 5.32 Å². The molecule has 0 aliphatic rings. The average Bonchev–Trinajstić information content (AvgIpc) is 2.38. The van der Waals surface area contributed by atoms with Crippen LogP contribution in [0, 0.1) is 18.6 Å². The molecular formula is C15H13Cl2F2N. The summed E-state index contributed by atoms with van der Waals surface area (Å²) in [6, 6.07) is 6.90. The topological polar surface area (TPSA) is 12.0 Å². The van der Waals surface area contributed by atoms with Gasteiger partial charge in [0.1, 0.15) is 11.6 Å². The Bertz CT molecular complexity index is 644. The van der Waals surface area contributed by atoms with Gasteiger partial charge in [0.2, 0.25) is 0 Å². The summed E-state index contributed by atoms with van der Waals surface area (Å²) < 4.78 is 27.4. The molecule has 1 unspecified atom stereocenters. The van der Waals surface area contributed by atoms with E-state index in [1.807, 2.05) is 0 Å². The van der Waals surface area contributed by atoms with Gasteiger partial charge in [-0.05, 0) is 43.3 Å². The zero-order valence-electron chi connectivity index (χ0n) is 11.0. The maximum absolute atomic E-state index is 14.0. The molecule has 2 aromatic rings. The number of hydrogen-bond donors (Lipinski definition) is 1. The van der Waals surface area contributed by atoms with E-state index in [1.165, 1.54) is 6.07 Å². The number of hydrogen-bond acceptors (Lipinski definition) is 1. The first-order valence-electron chi connectivity index (χ1n) is 6.01. The van der Waals surface area contributed by atoms with Crippen LogP contribution in [0.2, 0.25) is 10.0 Å². The van der Waals surface area contributed by atoms with Crippen molar-refractivity contribution in [2.75, 3.05) is 7.05 Å². The summed E-state index contributed by atoms with van der Waals surface area (Å²) >= 11 is 12.0. The van der Waals surface area contributed by atoms with Crippen LogP contribution in [0.1, 0.15) is 22.7 Å². The minimum absolute atomic E-state index is 0.343. The third-order valence-corrected chi connectivity index (χ3v) is 3.71. The third kappa shape index (κ3) is 2.95. The lowest BCUT2D eigenvalue weighted by Gasteiger charge is -2.20. The highest BCUT2D eigenvalue weighted by molar-refractivity contribution is 6.35. The van der Waals surface area contributed by atoms with Crippen molar-refractivity contribution in [2.45, 2.75) is 13.0 Å². The molecule has 0 radical (unpaired) electrons. The summed E-state index contributed by atoms with van der Waals surface area (Å²) in [6.07, 6.45) is 0. The lowest BCUT2D eigenvalue weighted by molar-refractivity contribution is 0.547. The molecule has 0 bridgehead atoms. The molecule has 0 saturated carbocycles. The molecule has 20 heavy (non-hydrogen) atoms. The minimum Gasteiger partial charge on any atom is -0.309 e. The SMILES string of the molecule is CNC(c1cc(C)c(F)cc1F)c1ccc(Cl)cc1Cl. The van der Waals surface area contributed by atoms with Crippen molar-refractivity contribution in [3.05, 3.63) is 68.7 Å². The second kappa shape index (κ2) is 6.08. The normalized spacial score (nSPS) is 12.5. The Hall–Kier alpha value is -1.16. The zero-order chi connectivity index (χ0) is 14.9. The Kier molecular flexibility index (Phi) is 4.63. The molecule has 2 rings (SSSR count). The van der Waals surface area contributed by atoms with Gasteiger partial charge in [-0.3, -0.25) is 0 Å². The predicted molar refractivity (Wildman–Crippen MR) is 78.5 cm³/mol. The van der Waals surface area contributed by atoms with Crippen LogP contribution in [0.5, 0.6) is 0 Å². The largest absolute Gasteiger partial charge is 0.309 e. The highest BCUT2D eigenvalue weighted by atomic mass is 35.5. The van der Waals surface area contributed by atoms with Crippen LogP contribution in [0.25, 0.3) is 0 Å². The van der Waals surface area contributed by atoms with E-state index in [0.29, 0.717) is 26.7 Å². The molecule has 5 heteroatoms. The maximum Gasteiger partial charge on any atom is 0.131 e. The van der Waals surface area contributed by atoms with Gasteiger partial charge in [0, 0.05) is 21.7 Å². The standard InChI is InChI=1S/C15H13Cl2F2N/c1-8-5-11(14(19)7-13(8)18)15(20-2)10-4-3-9(16)6-12(10)17/h3-7,15,20H,1-2H3. The van der Waals surface area contributed by atoms with Crippen LogP contribution in [0.15, 0.2) is 30.3 Å². The van der Waals surface area contributed by atoms with E-state index in [2.05, 4.69) is 5.32 Å². The molecule has 0 aliphatic heterocycles. The third-order valence-electron chi connectivity index (χ3n) is 3.15. The molecule has 1 nitrogen and oxygen atoms in total. The van der Waals surface area contributed by atoms with Crippen LogP contribution in [0.4, 0.5) is 8.78 Å². The second-order valence-electron chi connectivity index (χ2n) is 4.51. The number of aryl methyl sites for hydroxylation is 1. The van der Waals surface area contributed by atoms with E-state index >= 15 is 0 Å². The van der Waals surface area contributed by atoms with Gasteiger partial charge in [-0.15, -0.1) is 0 Å². The van der Waals surface area contributed by atoms with Crippen molar-refractivity contribution >= 4 is 23.2 Å². The van der Waals surface area contributed by atoms with Gasteiger partial charge in [0.15, 0.2) is 0 Å². The fourth-order valence-corrected chi connectivity index (χ4v) is 2.63. The number of benzene rings is 2. The Morgan fingerprint density at radius 1 is 1.00 bits per heavy atom. The van der Waals surface area contributed by atoms with Crippen molar-refractivity contribution in [2.24, 2.45) is 0 Å². The van der Waals surface area contributed by atoms with Crippen molar-refractivity contribution in [3.8, 4) is 0 Å². The average molecular weight is 316 g/mol. The molecule has 0 aromatic heterocycles. The van der Waals surface area contributed by atoms with Crippen LogP contribution >= 0.6 is 23.2 Å². The molecule has 0 fully saturated rings. The minimum atomic E-state index is -0.613. The fraction of sp³-hybridized carbons (Fsp3) is 0.200. The van der Waals surface area contributed by atoms with E-state index in [4.69, 9.17) is 23.2 Å². The first kappa shape index (κ1) is 15.2. The summed E-state index contributed by atoms with van der Waals surface area (Å²) in [7, 11) is 1.69. The van der Waals surface area contributed by atoms with Crippen LogP contribution in [0.3, 0.4) is 0 Å². The molecular weight excluding hydrogens is 303 g/mol. The van der Waals surface area contributed by atoms with Gasteiger partial charge in [0.05, 0.1) is 6.04 Å². The molecule has 2 aromatic carbocycles. The van der Waals surface area contributed by atoms with Crippen molar-refractivity contribution in [1.82, 2.24) is 5.32 Å². The quantitative estimate of drug-likeness (QED) is 0.850. The molecule has 0 amide bonds. The van der Waals surface area contributed by atoms with Gasteiger partial charge in [-0.1, -0.05) is 29.3 Å². The molecule has 0 heterocycles. The summed E-state index contributed by atoms with van der Waals surface area (Å²) in [6.45, 7) is 1.59. The molecule has 1 N–H and O–H groups in total. The van der Waals surface area contributed by atoms with Gasteiger partial charge in [0.25, 0.3) is 0 Å². The fourth-order valence-electron chi connectivity index (χ4n) is 2.11. The van der Waals surface area contributed by atoms with Gasteiger partial charge in [-0.2, -0.15) is 0 Å². The van der Waals surface area contributed by atoms with Crippen molar-refractivity contribution in [1.29, 1.82) is 0 Å². The predicted octanol–water partition coefficient (Wildman–Crippen LogP) is 4.89. The summed E-state index contributed by atoms with van der Waals surface area (Å²) in [5.74, 6) is -1.18. The van der Waals surface area contributed by atoms with Gasteiger partial charge >= 0.3 is 0 Å². The van der Waals surface area contributed by atoms with Crippen LogP contribution in [-0.2, 0) is 0 Å². The molecule has 0 saturated heterocycles. The Morgan fingerprint density at radius 3 is 2.30 bits per heavy atom. The summed E-state index contributed by atoms with van der Waals surface area (Å²) in [5.41, 5.74) is 1.41. The van der Waals surface area contributed by atoms with E-state index < -0.39 is 17.7 Å². The zero-order valence-corrected chi connectivity index (χ0v) is 12.5. The number of halogens is 4. The van der Waals surface area contributed by atoms with E-state index in [-0.39, 0.29) is 0 Å². The lowest BCUT2D eigenvalue weighted by Crippen LogP contribution is -2.19. The smallest absolute Gasteiger partial charge is 0.131 e. The van der Waals surface area contributed by atoms with Gasteiger partial charge < -0.3 is 5.32 Å². The van der Waals surface area contributed by atoms with E-state index in [1.54, 1.807) is 32.2 Å². The summed E-state index contributed by atoms with van der Waals surface area (Å²) in [5, 5.41) is 3.93. The second-order valence-corrected chi connectivity index (χ2v) is 5.35. The van der Waals surface area contributed by atoms with Gasteiger partial charge in [-0.25, -0.2) is 8.78 Å². The number of rotatable bonds is 3. The maximum atomic E-state index is 14.0. The van der Waals surface area contributed by atoms with E-state index in [9.17, 15) is 8.78 Å². The lowest BCUT2D eigenvalue weighted by atomic mass is 9.96. The first-order chi connectivity index (χ1) is 9.43. The Balaban J connectivity index is 2.55. The van der Waals surface area contributed by atoms with Crippen molar-refractivity contribution in [3.63, 3.8) is 0 Å².